The molecule has 0 saturated carbocycles. The van der Waals surface area contributed by atoms with Gasteiger partial charge in [-0.15, -0.1) is 0 Å². The minimum atomic E-state index is 0.911. The number of benzene rings is 9. The summed E-state index contributed by atoms with van der Waals surface area (Å²) in [7, 11) is 0. The van der Waals surface area contributed by atoms with Crippen LogP contribution in [0.25, 0.3) is 127 Å². The topological polar surface area (TPSA) is 36.1 Å². The summed E-state index contributed by atoms with van der Waals surface area (Å²) in [6.45, 7) is 8.23. The van der Waals surface area contributed by atoms with Crippen LogP contribution in [-0.4, -0.2) is 9.13 Å². The van der Waals surface area contributed by atoms with Crippen LogP contribution in [-0.2, 0) is 6.42 Å². The molecule has 0 amide bonds. The lowest BCUT2D eigenvalue weighted by molar-refractivity contribution is 0.600. The quantitative estimate of drug-likeness (QED) is 0.160. The maximum absolute atomic E-state index is 6.49. The minimum absolute atomic E-state index is 0.911. The second kappa shape index (κ2) is 16.3. The van der Waals surface area contributed by atoms with Crippen LogP contribution in [0, 0.1) is 0 Å². The lowest BCUT2D eigenvalue weighted by Gasteiger charge is -2.11. The molecular formula is C63H48N2O2. The zero-order valence-corrected chi connectivity index (χ0v) is 38.0. The summed E-state index contributed by atoms with van der Waals surface area (Å²) >= 11 is 0. The number of furan rings is 2. The van der Waals surface area contributed by atoms with Gasteiger partial charge in [-0.05, 0) is 108 Å². The highest BCUT2D eigenvalue weighted by molar-refractivity contribution is 6.13. The van der Waals surface area contributed by atoms with Gasteiger partial charge >= 0.3 is 0 Å². The summed E-state index contributed by atoms with van der Waals surface area (Å²) in [6, 6.07) is 70.4. The molecule has 0 unspecified atom stereocenters. The molecule has 0 N–H and O–H groups in total. The average Bonchev–Trinajstić information content (AvgIpc) is 4.14. The van der Waals surface area contributed by atoms with Crippen molar-refractivity contribution in [2.75, 3.05) is 0 Å². The summed E-state index contributed by atoms with van der Waals surface area (Å²) in [5.41, 5.74) is 17.8. The number of hydrogen-bond acceptors (Lipinski definition) is 2. The van der Waals surface area contributed by atoms with Crippen molar-refractivity contribution in [1.82, 2.24) is 9.13 Å². The van der Waals surface area contributed by atoms with Crippen LogP contribution >= 0.6 is 0 Å². The van der Waals surface area contributed by atoms with Crippen LogP contribution in [0.1, 0.15) is 39.0 Å². The van der Waals surface area contributed by atoms with Crippen LogP contribution in [0.4, 0.5) is 0 Å². The molecule has 4 heteroatoms. The highest BCUT2D eigenvalue weighted by Gasteiger charge is 2.19. The molecule has 0 aliphatic rings. The first-order chi connectivity index (χ1) is 33.1. The second-order valence-electron chi connectivity index (χ2n) is 17.0. The Balaban J connectivity index is 0.00000231. The number of rotatable bonds is 7. The summed E-state index contributed by atoms with van der Waals surface area (Å²) in [5.74, 6) is 0.946. The average molecular weight is 865 g/mol. The van der Waals surface area contributed by atoms with E-state index in [0.717, 1.165) is 73.3 Å². The normalized spacial score (nSPS) is 11.9. The van der Waals surface area contributed by atoms with Gasteiger partial charge in [0.2, 0.25) is 0 Å². The summed E-state index contributed by atoms with van der Waals surface area (Å²) in [5, 5.41) is 8.39. The molecule has 9 aromatic carbocycles. The molecule has 0 radical (unpaired) electrons. The number of allylic oxidation sites excluding steroid dienone is 1. The molecule has 4 nitrogen and oxygen atoms in total. The number of nitrogens with zero attached hydrogens (tertiary/aromatic N) is 2. The highest BCUT2D eigenvalue weighted by atomic mass is 16.3. The summed E-state index contributed by atoms with van der Waals surface area (Å²) in [4.78, 5) is 0. The van der Waals surface area contributed by atoms with Crippen molar-refractivity contribution in [1.29, 1.82) is 0 Å². The van der Waals surface area contributed by atoms with E-state index in [-0.39, 0.29) is 0 Å². The summed E-state index contributed by atoms with van der Waals surface area (Å²) < 4.78 is 17.7. The van der Waals surface area contributed by atoms with E-state index >= 15 is 0 Å². The maximum atomic E-state index is 6.49. The Kier molecular flexibility index (Phi) is 9.76. The zero-order chi connectivity index (χ0) is 45.2. The van der Waals surface area contributed by atoms with E-state index in [0.29, 0.717) is 0 Å². The van der Waals surface area contributed by atoms with Crippen molar-refractivity contribution in [3.05, 3.63) is 212 Å². The Hall–Kier alpha value is -8.34. The molecule has 322 valence electrons. The van der Waals surface area contributed by atoms with Crippen LogP contribution in [0.2, 0.25) is 0 Å². The fraction of sp³-hybridized carbons (Fsp3) is 0.0794. The van der Waals surface area contributed by atoms with Crippen molar-refractivity contribution in [3.63, 3.8) is 0 Å². The van der Waals surface area contributed by atoms with Crippen molar-refractivity contribution >= 4 is 82.6 Å². The minimum Gasteiger partial charge on any atom is -0.456 e. The van der Waals surface area contributed by atoms with Crippen molar-refractivity contribution < 1.29 is 8.83 Å². The van der Waals surface area contributed by atoms with Gasteiger partial charge in [-0.3, -0.25) is 0 Å². The van der Waals surface area contributed by atoms with E-state index in [4.69, 9.17) is 8.83 Å². The van der Waals surface area contributed by atoms with Crippen LogP contribution in [0.3, 0.4) is 0 Å². The number of aromatic nitrogens is 2. The predicted molar refractivity (Wildman–Crippen MR) is 284 cm³/mol. The van der Waals surface area contributed by atoms with Crippen LogP contribution < -0.4 is 0 Å². The first-order valence-electron chi connectivity index (χ1n) is 23.5. The first-order valence-corrected chi connectivity index (χ1v) is 23.5. The number of hydrogen-bond donors (Lipinski definition) is 0. The molecule has 13 rings (SSSR count). The molecule has 0 fully saturated rings. The van der Waals surface area contributed by atoms with Crippen LogP contribution in [0.5, 0.6) is 0 Å². The standard InChI is InChI=1S/C61H42N2O2.C2H6/c1-3-13-58-44(4-2)50-19-11-17-45(60(50)64-58)38-24-30-42(31-25-38)62-54-21-8-5-14-47(54)52-36-40(28-34-56(52)62)41-29-35-57-53(37-41)48-15-6-9-22-55(48)63(57)43-32-26-39(27-33-43)46-18-12-20-51-49-16-7-10-23-59(49)65-61(46)51;1-2/h3,5-37H,4H2,1-2H3;1-2H3/b13-3-;. The van der Waals surface area contributed by atoms with Gasteiger partial charge in [0.15, 0.2) is 0 Å². The molecule has 0 bridgehead atoms. The third-order valence-corrected chi connectivity index (χ3v) is 13.5. The number of para-hydroxylation sites is 5. The number of fused-ring (bicyclic) bond motifs is 10. The van der Waals surface area contributed by atoms with Gasteiger partial charge in [-0.25, -0.2) is 0 Å². The smallest absolute Gasteiger partial charge is 0.143 e. The zero-order valence-electron chi connectivity index (χ0n) is 38.0. The molecule has 0 saturated heterocycles. The van der Waals surface area contributed by atoms with Gasteiger partial charge in [-0.1, -0.05) is 154 Å². The second-order valence-corrected chi connectivity index (χ2v) is 17.0. The van der Waals surface area contributed by atoms with Crippen molar-refractivity contribution in [2.45, 2.75) is 34.1 Å². The lowest BCUT2D eigenvalue weighted by atomic mass is 10.0. The molecule has 0 aliphatic carbocycles. The molecule has 0 spiro atoms. The van der Waals surface area contributed by atoms with Crippen molar-refractivity contribution in [2.24, 2.45) is 0 Å². The van der Waals surface area contributed by atoms with Gasteiger partial charge < -0.3 is 18.0 Å². The van der Waals surface area contributed by atoms with E-state index in [2.05, 4.69) is 204 Å². The monoisotopic (exact) mass is 864 g/mol. The molecule has 4 aromatic heterocycles. The van der Waals surface area contributed by atoms with E-state index in [1.807, 2.05) is 39.0 Å². The van der Waals surface area contributed by atoms with Crippen molar-refractivity contribution in [3.8, 4) is 44.8 Å². The predicted octanol–water partition coefficient (Wildman–Crippen LogP) is 18.1. The Labute approximate surface area is 389 Å². The number of aryl methyl sites for hydroxylation is 1. The van der Waals surface area contributed by atoms with E-state index in [1.54, 1.807) is 0 Å². The molecule has 67 heavy (non-hydrogen) atoms. The maximum Gasteiger partial charge on any atom is 0.143 e. The third kappa shape index (κ3) is 6.35. The van der Waals surface area contributed by atoms with Gasteiger partial charge in [-0.2, -0.15) is 0 Å². The fourth-order valence-corrected chi connectivity index (χ4v) is 10.5. The molecule has 13 aromatic rings. The van der Waals surface area contributed by atoms with Gasteiger partial charge in [0.1, 0.15) is 22.5 Å². The van der Waals surface area contributed by atoms with Gasteiger partial charge in [0.05, 0.1) is 22.1 Å². The fourth-order valence-electron chi connectivity index (χ4n) is 10.5. The lowest BCUT2D eigenvalue weighted by Crippen LogP contribution is -1.94. The van der Waals surface area contributed by atoms with Crippen LogP contribution in [0.15, 0.2) is 209 Å². The Morgan fingerprint density at radius 2 is 0.851 bits per heavy atom. The third-order valence-electron chi connectivity index (χ3n) is 13.5. The Morgan fingerprint density at radius 3 is 1.39 bits per heavy atom. The van der Waals surface area contributed by atoms with E-state index in [1.165, 1.54) is 65.7 Å². The van der Waals surface area contributed by atoms with Gasteiger partial charge in [0.25, 0.3) is 0 Å². The van der Waals surface area contributed by atoms with E-state index < -0.39 is 0 Å². The first kappa shape index (κ1) is 40.2. The molecule has 0 atom stereocenters. The summed E-state index contributed by atoms with van der Waals surface area (Å²) in [6.07, 6.45) is 5.04. The molecule has 4 heterocycles. The SMILES string of the molecule is C/C=C\c1oc2c(-c3ccc(-n4c5ccccc5c5cc(-c6ccc7c(c6)c6ccccc6n7-c6ccc(-c7cccc8c7oc7ccccc78)cc6)ccc54)cc3)cccc2c1CC.CC. The largest absolute Gasteiger partial charge is 0.456 e. The van der Waals surface area contributed by atoms with E-state index in [9.17, 15) is 0 Å². The Bertz CT molecular complexity index is 4040. The molecular weight excluding hydrogens is 817 g/mol. The molecule has 0 aliphatic heterocycles. The van der Waals surface area contributed by atoms with Gasteiger partial charge in [0, 0.05) is 65.8 Å². The highest BCUT2D eigenvalue weighted by Crippen LogP contribution is 2.41. The Morgan fingerprint density at radius 1 is 0.403 bits per heavy atom.